The minimum Gasteiger partial charge on any atom is -0.497 e. The van der Waals surface area contributed by atoms with Crippen molar-refractivity contribution in [2.45, 2.75) is 32.9 Å². The number of ether oxygens (including phenoxy) is 2. The molecule has 0 aromatic heterocycles. The molecule has 0 bridgehead atoms. The van der Waals surface area contributed by atoms with Gasteiger partial charge in [0.05, 0.1) is 14.2 Å². The van der Waals surface area contributed by atoms with Crippen molar-refractivity contribution in [3.8, 4) is 11.5 Å². The number of aliphatic imine (C=N–C) groups is 1. The van der Waals surface area contributed by atoms with Gasteiger partial charge in [-0.15, -0.1) is 0 Å². The average Bonchev–Trinajstić information content (AvgIpc) is 2.74. The van der Waals surface area contributed by atoms with E-state index in [0.717, 1.165) is 40.7 Å². The van der Waals surface area contributed by atoms with E-state index in [1.807, 2.05) is 61.3 Å². The van der Waals surface area contributed by atoms with Crippen LogP contribution in [0.5, 0.6) is 11.5 Å². The molecule has 7 nitrogen and oxygen atoms in total. The summed E-state index contributed by atoms with van der Waals surface area (Å²) in [6.45, 7) is 3.21. The van der Waals surface area contributed by atoms with Crippen LogP contribution >= 0.6 is 0 Å². The van der Waals surface area contributed by atoms with Crippen molar-refractivity contribution >= 4 is 17.6 Å². The van der Waals surface area contributed by atoms with Crippen molar-refractivity contribution in [3.05, 3.63) is 53.6 Å². The summed E-state index contributed by atoms with van der Waals surface area (Å²) in [6.07, 6.45) is 1.35. The van der Waals surface area contributed by atoms with E-state index in [0.29, 0.717) is 19.5 Å². The minimum absolute atomic E-state index is 0.0339. The normalized spacial score (nSPS) is 11.0. The molecular formula is C23H32N4O3. The summed E-state index contributed by atoms with van der Waals surface area (Å²) >= 11 is 0. The van der Waals surface area contributed by atoms with E-state index in [2.05, 4.69) is 15.6 Å². The number of nitrogens with zero attached hydrogens (tertiary/aromatic N) is 2. The van der Waals surface area contributed by atoms with Crippen molar-refractivity contribution in [2.24, 2.45) is 4.99 Å². The van der Waals surface area contributed by atoms with Crippen LogP contribution in [0.25, 0.3) is 0 Å². The third-order valence-electron chi connectivity index (χ3n) is 4.61. The maximum absolute atomic E-state index is 11.8. The minimum atomic E-state index is 0.0339. The summed E-state index contributed by atoms with van der Waals surface area (Å²) in [5.41, 5.74) is 2.89. The fourth-order valence-corrected chi connectivity index (χ4v) is 3.09. The molecule has 0 radical (unpaired) electrons. The van der Waals surface area contributed by atoms with Gasteiger partial charge in [-0.3, -0.25) is 9.79 Å². The molecule has 0 unspecified atom stereocenters. The Morgan fingerprint density at radius 1 is 1.13 bits per heavy atom. The fraction of sp³-hybridized carbons (Fsp3) is 0.391. The summed E-state index contributed by atoms with van der Waals surface area (Å²) in [7, 11) is 7.01. The molecule has 0 heterocycles. The monoisotopic (exact) mass is 412 g/mol. The van der Waals surface area contributed by atoms with Crippen LogP contribution in [0, 0.1) is 0 Å². The standard InChI is InChI=1S/C23H32N4O3/c1-6-8-22(28)26-19-10-7-9-17(13-19)15-25-23(24-2)27(3)16-18-11-12-20(29-4)14-21(18)30-5/h7,9-14H,6,8,15-16H2,1-5H3,(H,24,25)(H,26,28). The van der Waals surface area contributed by atoms with Gasteiger partial charge < -0.3 is 25.0 Å². The van der Waals surface area contributed by atoms with E-state index in [4.69, 9.17) is 9.47 Å². The van der Waals surface area contributed by atoms with Gasteiger partial charge in [-0.2, -0.15) is 0 Å². The zero-order valence-electron chi connectivity index (χ0n) is 18.5. The number of carbonyl (C=O) groups is 1. The summed E-state index contributed by atoms with van der Waals surface area (Å²) in [4.78, 5) is 18.2. The average molecular weight is 413 g/mol. The van der Waals surface area contributed by atoms with E-state index in [9.17, 15) is 4.79 Å². The molecule has 162 valence electrons. The Labute approximate surface area is 179 Å². The van der Waals surface area contributed by atoms with Crippen molar-refractivity contribution in [1.82, 2.24) is 10.2 Å². The van der Waals surface area contributed by atoms with Gasteiger partial charge >= 0.3 is 0 Å². The van der Waals surface area contributed by atoms with Crippen LogP contribution in [-0.4, -0.2) is 45.1 Å². The van der Waals surface area contributed by atoms with Crippen LogP contribution in [0.3, 0.4) is 0 Å². The first kappa shape index (κ1) is 23.1. The topological polar surface area (TPSA) is 75.2 Å². The van der Waals surface area contributed by atoms with Crippen LogP contribution in [0.4, 0.5) is 5.69 Å². The molecular weight excluding hydrogens is 380 g/mol. The van der Waals surface area contributed by atoms with Gasteiger partial charge in [0.1, 0.15) is 11.5 Å². The van der Waals surface area contributed by atoms with E-state index in [1.165, 1.54) is 0 Å². The van der Waals surface area contributed by atoms with E-state index >= 15 is 0 Å². The number of carbonyl (C=O) groups excluding carboxylic acids is 1. The molecule has 7 heteroatoms. The molecule has 0 aliphatic carbocycles. The molecule has 30 heavy (non-hydrogen) atoms. The molecule has 0 saturated carbocycles. The number of rotatable bonds is 9. The summed E-state index contributed by atoms with van der Waals surface area (Å²) in [5, 5.41) is 6.30. The molecule has 0 spiro atoms. The SMILES string of the molecule is CCCC(=O)Nc1cccc(CNC(=NC)N(C)Cc2ccc(OC)cc2OC)c1. The van der Waals surface area contributed by atoms with E-state index < -0.39 is 0 Å². The van der Waals surface area contributed by atoms with Crippen molar-refractivity contribution in [3.63, 3.8) is 0 Å². The largest absolute Gasteiger partial charge is 0.497 e. The first-order valence-electron chi connectivity index (χ1n) is 10.0. The van der Waals surface area contributed by atoms with Crippen LogP contribution < -0.4 is 20.1 Å². The van der Waals surface area contributed by atoms with Crippen molar-refractivity contribution in [2.75, 3.05) is 33.6 Å². The highest BCUT2D eigenvalue weighted by Gasteiger charge is 2.11. The third kappa shape index (κ3) is 6.69. The van der Waals surface area contributed by atoms with Crippen molar-refractivity contribution in [1.29, 1.82) is 0 Å². The van der Waals surface area contributed by atoms with E-state index in [-0.39, 0.29) is 5.91 Å². The lowest BCUT2D eigenvalue weighted by atomic mass is 10.1. The Kier molecular flexibility index (Phi) is 9.00. The number of nitrogens with one attached hydrogen (secondary N) is 2. The maximum Gasteiger partial charge on any atom is 0.224 e. The van der Waals surface area contributed by atoms with Crippen LogP contribution in [0.15, 0.2) is 47.5 Å². The second-order valence-electron chi connectivity index (χ2n) is 6.93. The maximum atomic E-state index is 11.8. The molecule has 2 N–H and O–H groups in total. The second-order valence-corrected chi connectivity index (χ2v) is 6.93. The summed E-state index contributed by atoms with van der Waals surface area (Å²) < 4.78 is 10.8. The predicted molar refractivity (Wildman–Crippen MR) is 121 cm³/mol. The van der Waals surface area contributed by atoms with Crippen molar-refractivity contribution < 1.29 is 14.3 Å². The van der Waals surface area contributed by atoms with Gasteiger partial charge in [0.25, 0.3) is 0 Å². The molecule has 2 aromatic rings. The number of hydrogen-bond acceptors (Lipinski definition) is 4. The Hall–Kier alpha value is -3.22. The zero-order chi connectivity index (χ0) is 21.9. The van der Waals surface area contributed by atoms with Gasteiger partial charge in [-0.05, 0) is 36.2 Å². The quantitative estimate of drug-likeness (QED) is 0.486. The highest BCUT2D eigenvalue weighted by atomic mass is 16.5. The lowest BCUT2D eigenvalue weighted by molar-refractivity contribution is -0.116. The summed E-state index contributed by atoms with van der Waals surface area (Å²) in [5.74, 6) is 2.32. The Morgan fingerprint density at radius 3 is 2.60 bits per heavy atom. The predicted octanol–water partition coefficient (Wildman–Crippen LogP) is 3.65. The summed E-state index contributed by atoms with van der Waals surface area (Å²) in [6, 6.07) is 13.6. The molecule has 2 aromatic carbocycles. The Morgan fingerprint density at radius 2 is 1.93 bits per heavy atom. The lowest BCUT2D eigenvalue weighted by Gasteiger charge is -2.23. The van der Waals surface area contributed by atoms with E-state index in [1.54, 1.807) is 21.3 Å². The highest BCUT2D eigenvalue weighted by Crippen LogP contribution is 2.25. The molecule has 0 saturated heterocycles. The van der Waals surface area contributed by atoms with Gasteiger partial charge in [0.15, 0.2) is 5.96 Å². The second kappa shape index (κ2) is 11.7. The van der Waals surface area contributed by atoms with Crippen LogP contribution in [-0.2, 0) is 17.9 Å². The molecule has 0 aliphatic heterocycles. The number of benzene rings is 2. The molecule has 0 atom stereocenters. The molecule has 0 aliphatic rings. The Bertz CT molecular complexity index is 867. The number of methoxy groups -OCH3 is 2. The van der Waals surface area contributed by atoms with Gasteiger partial charge in [-0.1, -0.05) is 19.1 Å². The molecule has 0 fully saturated rings. The Balaban J connectivity index is 2.00. The van der Waals surface area contributed by atoms with Gasteiger partial charge in [0.2, 0.25) is 5.91 Å². The number of hydrogen-bond donors (Lipinski definition) is 2. The van der Waals surface area contributed by atoms with Gasteiger partial charge in [-0.25, -0.2) is 0 Å². The lowest BCUT2D eigenvalue weighted by Crippen LogP contribution is -2.38. The first-order valence-corrected chi connectivity index (χ1v) is 10.0. The fourth-order valence-electron chi connectivity index (χ4n) is 3.09. The van der Waals surface area contributed by atoms with Gasteiger partial charge in [0, 0.05) is 50.9 Å². The molecule has 1 amide bonds. The molecule has 2 rings (SSSR count). The third-order valence-corrected chi connectivity index (χ3v) is 4.61. The highest BCUT2D eigenvalue weighted by molar-refractivity contribution is 5.90. The zero-order valence-corrected chi connectivity index (χ0v) is 18.5. The smallest absolute Gasteiger partial charge is 0.224 e. The number of guanidine groups is 1. The first-order chi connectivity index (χ1) is 14.5. The van der Waals surface area contributed by atoms with Crippen LogP contribution in [0.1, 0.15) is 30.9 Å². The van der Waals surface area contributed by atoms with Crippen LogP contribution in [0.2, 0.25) is 0 Å². The number of amides is 1. The number of anilines is 1.